The van der Waals surface area contributed by atoms with Gasteiger partial charge in [-0.3, -0.25) is 0 Å². The van der Waals surface area contributed by atoms with E-state index in [9.17, 15) is 0 Å². The van der Waals surface area contributed by atoms with Gasteiger partial charge in [-0.05, 0) is 63.2 Å². The first kappa shape index (κ1) is 21.5. The molecule has 4 rings (SSSR count). The molecule has 1 aliphatic carbocycles. The third-order valence-corrected chi connectivity index (χ3v) is 6.12. The van der Waals surface area contributed by atoms with Crippen LogP contribution in [0.2, 0.25) is 0 Å². The number of hydrogen-bond acceptors (Lipinski definition) is 5. The Morgan fingerprint density at radius 3 is 2.43 bits per heavy atom. The third kappa shape index (κ3) is 6.43. The van der Waals surface area contributed by atoms with Gasteiger partial charge in [-0.2, -0.15) is 0 Å². The number of aryl methyl sites for hydroxylation is 1. The second-order valence-electron chi connectivity index (χ2n) is 8.33. The van der Waals surface area contributed by atoms with Crippen molar-refractivity contribution in [2.45, 2.75) is 77.6 Å². The maximum absolute atomic E-state index is 6.32. The molecule has 0 bridgehead atoms. The fourth-order valence-electron chi connectivity index (χ4n) is 4.40. The van der Waals surface area contributed by atoms with Crippen molar-refractivity contribution in [1.82, 2.24) is 15.2 Å². The van der Waals surface area contributed by atoms with E-state index in [1.165, 1.54) is 64.0 Å². The summed E-state index contributed by atoms with van der Waals surface area (Å²) in [5.41, 5.74) is 1.19. The molecule has 0 amide bonds. The van der Waals surface area contributed by atoms with Gasteiger partial charge in [0.25, 0.3) is 0 Å². The second-order valence-corrected chi connectivity index (χ2v) is 8.33. The van der Waals surface area contributed by atoms with Crippen molar-refractivity contribution < 1.29 is 9.47 Å². The van der Waals surface area contributed by atoms with Crippen LogP contribution in [-0.4, -0.2) is 60.9 Å². The molecule has 28 heavy (non-hydrogen) atoms. The zero-order valence-corrected chi connectivity index (χ0v) is 18.0. The number of aromatic nitrogens is 1. The van der Waals surface area contributed by atoms with E-state index in [1.807, 2.05) is 32.2 Å². The van der Waals surface area contributed by atoms with Crippen molar-refractivity contribution in [2.75, 3.05) is 32.7 Å². The van der Waals surface area contributed by atoms with Crippen LogP contribution in [0.25, 0.3) is 0 Å². The molecule has 5 nitrogen and oxygen atoms in total. The van der Waals surface area contributed by atoms with Crippen LogP contribution in [0.1, 0.15) is 57.9 Å². The lowest BCUT2D eigenvalue weighted by Gasteiger charge is -2.40. The highest BCUT2D eigenvalue weighted by atomic mass is 16.5. The summed E-state index contributed by atoms with van der Waals surface area (Å²) in [5, 5.41) is 3.46. The van der Waals surface area contributed by atoms with Gasteiger partial charge in [0.05, 0.1) is 12.2 Å². The maximum Gasteiger partial charge on any atom is 0.213 e. The second kappa shape index (κ2) is 11.1. The van der Waals surface area contributed by atoms with Crippen LogP contribution < -0.4 is 10.1 Å². The summed E-state index contributed by atoms with van der Waals surface area (Å²) in [6.45, 7) is 12.2. The highest BCUT2D eigenvalue weighted by molar-refractivity contribution is 5.19. The number of pyridine rings is 1. The summed E-state index contributed by atoms with van der Waals surface area (Å²) in [5.74, 6) is 1.65. The molecule has 1 aromatic rings. The quantitative estimate of drug-likeness (QED) is 0.802. The Hall–Kier alpha value is -1.17. The van der Waals surface area contributed by atoms with Crippen LogP contribution in [0.4, 0.5) is 0 Å². The minimum Gasteiger partial charge on any atom is -0.474 e. The van der Waals surface area contributed by atoms with Crippen LogP contribution in [0.3, 0.4) is 0 Å². The van der Waals surface area contributed by atoms with Crippen LogP contribution in [0, 0.1) is 12.8 Å². The lowest BCUT2D eigenvalue weighted by Crippen LogP contribution is -2.45. The Morgan fingerprint density at radius 1 is 1.04 bits per heavy atom. The van der Waals surface area contributed by atoms with E-state index < -0.39 is 0 Å². The lowest BCUT2D eigenvalue weighted by atomic mass is 9.91. The SMILES string of the molecule is CC.Cc1ccnc(OC2CC(OC3CCN(CC4CCNCC4)CC3)C2)c1. The molecule has 1 N–H and O–H groups in total. The fourth-order valence-corrected chi connectivity index (χ4v) is 4.40. The summed E-state index contributed by atoms with van der Waals surface area (Å²) < 4.78 is 12.3. The number of hydrogen-bond donors (Lipinski definition) is 1. The Balaban J connectivity index is 0.00000109. The largest absolute Gasteiger partial charge is 0.474 e. The fraction of sp³-hybridized carbons (Fsp3) is 0.783. The lowest BCUT2D eigenvalue weighted by molar-refractivity contribution is -0.111. The van der Waals surface area contributed by atoms with Gasteiger partial charge < -0.3 is 19.7 Å². The number of nitrogens with zero attached hydrogens (tertiary/aromatic N) is 2. The molecular weight excluding hydrogens is 350 g/mol. The molecular formula is C23H39N3O2. The average Bonchev–Trinajstić information content (AvgIpc) is 2.70. The summed E-state index contributed by atoms with van der Waals surface area (Å²) in [7, 11) is 0. The standard InChI is InChI=1S/C21H33N3O2.C2H6/c1-16-2-9-23-21(12-16)26-20-13-19(14-20)25-18-5-10-24(11-6-18)15-17-3-7-22-8-4-17;1-2/h2,9,12,17-20,22H,3-8,10-11,13-15H2,1H3;1-2H3. The predicted molar refractivity (Wildman–Crippen MR) is 114 cm³/mol. The molecule has 2 aliphatic heterocycles. The van der Waals surface area contributed by atoms with E-state index in [4.69, 9.17) is 9.47 Å². The molecule has 0 spiro atoms. The Bertz CT molecular complexity index is 563. The van der Waals surface area contributed by atoms with E-state index in [2.05, 4.69) is 22.1 Å². The van der Waals surface area contributed by atoms with E-state index in [0.717, 1.165) is 24.6 Å². The molecule has 0 aromatic carbocycles. The van der Waals surface area contributed by atoms with Crippen LogP contribution in [0.15, 0.2) is 18.3 Å². The first-order chi connectivity index (χ1) is 13.7. The summed E-state index contributed by atoms with van der Waals surface area (Å²) in [6, 6.07) is 4.00. The molecule has 3 fully saturated rings. The van der Waals surface area contributed by atoms with Gasteiger partial charge >= 0.3 is 0 Å². The molecule has 3 heterocycles. The van der Waals surface area contributed by atoms with Crippen molar-refractivity contribution >= 4 is 0 Å². The van der Waals surface area contributed by atoms with E-state index >= 15 is 0 Å². The Kier molecular flexibility index (Phi) is 8.56. The van der Waals surface area contributed by atoms with Crippen molar-refractivity contribution in [3.63, 3.8) is 0 Å². The number of piperidine rings is 2. The van der Waals surface area contributed by atoms with E-state index in [1.54, 1.807) is 0 Å². The van der Waals surface area contributed by atoms with Crippen molar-refractivity contribution in [2.24, 2.45) is 5.92 Å². The molecule has 1 aromatic heterocycles. The minimum absolute atomic E-state index is 0.273. The van der Waals surface area contributed by atoms with Crippen LogP contribution in [0.5, 0.6) is 5.88 Å². The van der Waals surface area contributed by atoms with Gasteiger partial charge in [0, 0.05) is 44.7 Å². The van der Waals surface area contributed by atoms with Crippen molar-refractivity contribution in [3.05, 3.63) is 23.9 Å². The maximum atomic E-state index is 6.32. The molecule has 2 saturated heterocycles. The first-order valence-corrected chi connectivity index (χ1v) is 11.4. The highest BCUT2D eigenvalue weighted by Crippen LogP contribution is 2.30. The van der Waals surface area contributed by atoms with Gasteiger partial charge in [0.15, 0.2) is 0 Å². The number of likely N-dealkylation sites (tertiary alicyclic amines) is 1. The van der Waals surface area contributed by atoms with Crippen LogP contribution >= 0.6 is 0 Å². The normalized spacial score (nSPS) is 26.8. The summed E-state index contributed by atoms with van der Waals surface area (Å²) in [6.07, 6.45) is 9.98. The first-order valence-electron chi connectivity index (χ1n) is 11.4. The molecule has 1 saturated carbocycles. The third-order valence-electron chi connectivity index (χ3n) is 6.12. The molecule has 0 radical (unpaired) electrons. The molecule has 5 heteroatoms. The molecule has 0 unspecified atom stereocenters. The van der Waals surface area contributed by atoms with Crippen molar-refractivity contribution in [3.8, 4) is 5.88 Å². The van der Waals surface area contributed by atoms with Crippen LogP contribution in [-0.2, 0) is 4.74 Å². The van der Waals surface area contributed by atoms with Gasteiger partial charge in [-0.1, -0.05) is 13.8 Å². The van der Waals surface area contributed by atoms with E-state index in [-0.39, 0.29) is 6.10 Å². The smallest absolute Gasteiger partial charge is 0.213 e. The Labute approximate surface area is 171 Å². The zero-order valence-electron chi connectivity index (χ0n) is 18.0. The molecule has 0 atom stereocenters. The summed E-state index contributed by atoms with van der Waals surface area (Å²) in [4.78, 5) is 6.94. The highest BCUT2D eigenvalue weighted by Gasteiger charge is 2.34. The van der Waals surface area contributed by atoms with Gasteiger partial charge in [0.1, 0.15) is 6.10 Å². The Morgan fingerprint density at radius 2 is 1.75 bits per heavy atom. The molecule has 158 valence electrons. The average molecular weight is 390 g/mol. The number of ether oxygens (including phenoxy) is 2. The van der Waals surface area contributed by atoms with Gasteiger partial charge in [-0.15, -0.1) is 0 Å². The number of nitrogens with one attached hydrogen (secondary N) is 1. The summed E-state index contributed by atoms with van der Waals surface area (Å²) >= 11 is 0. The topological polar surface area (TPSA) is 46.6 Å². The zero-order chi connectivity index (χ0) is 19.8. The monoisotopic (exact) mass is 389 g/mol. The minimum atomic E-state index is 0.273. The van der Waals surface area contributed by atoms with Crippen molar-refractivity contribution in [1.29, 1.82) is 0 Å². The van der Waals surface area contributed by atoms with E-state index in [0.29, 0.717) is 12.2 Å². The van der Waals surface area contributed by atoms with Gasteiger partial charge in [-0.25, -0.2) is 4.98 Å². The molecule has 3 aliphatic rings. The number of rotatable bonds is 6. The predicted octanol–water partition coefficient (Wildman–Crippen LogP) is 3.81. The van der Waals surface area contributed by atoms with Gasteiger partial charge in [0.2, 0.25) is 5.88 Å².